The highest BCUT2D eigenvalue weighted by Gasteiger charge is 2.10. The lowest BCUT2D eigenvalue weighted by atomic mass is 10.2. The van der Waals surface area contributed by atoms with E-state index in [0.717, 1.165) is 0 Å². The summed E-state index contributed by atoms with van der Waals surface area (Å²) in [5.41, 5.74) is 0.0925. The highest BCUT2D eigenvalue weighted by molar-refractivity contribution is 5.96. The van der Waals surface area contributed by atoms with Crippen LogP contribution in [0.5, 0.6) is 0 Å². The van der Waals surface area contributed by atoms with Crippen molar-refractivity contribution in [1.82, 2.24) is 25.3 Å². The van der Waals surface area contributed by atoms with Crippen molar-refractivity contribution in [2.45, 2.75) is 6.54 Å². The average molecular weight is 261 g/mol. The van der Waals surface area contributed by atoms with E-state index in [0.29, 0.717) is 13.1 Å². The molecule has 98 valence electrons. The van der Waals surface area contributed by atoms with E-state index in [9.17, 15) is 9.59 Å². The van der Waals surface area contributed by atoms with Crippen molar-refractivity contribution < 1.29 is 14.7 Å². The molecular weight excluding hydrogens is 250 g/mol. The summed E-state index contributed by atoms with van der Waals surface area (Å²) in [6, 6.07) is 2.68. The highest BCUT2D eigenvalue weighted by atomic mass is 16.4. The molecule has 0 atom stereocenters. The van der Waals surface area contributed by atoms with Crippen LogP contribution >= 0.6 is 0 Å². The molecule has 2 aromatic rings. The van der Waals surface area contributed by atoms with Crippen LogP contribution in [0.25, 0.3) is 0 Å². The number of carboxylic acids is 1. The molecule has 0 unspecified atom stereocenters. The lowest BCUT2D eigenvalue weighted by molar-refractivity contribution is 0.0690. The van der Waals surface area contributed by atoms with Crippen molar-refractivity contribution in [1.29, 1.82) is 0 Å². The molecule has 0 aliphatic carbocycles. The van der Waals surface area contributed by atoms with Crippen LogP contribution in [-0.2, 0) is 6.54 Å². The Kier molecular flexibility index (Phi) is 3.81. The third-order valence-electron chi connectivity index (χ3n) is 2.34. The second-order valence-corrected chi connectivity index (χ2v) is 3.66. The van der Waals surface area contributed by atoms with E-state index in [4.69, 9.17) is 5.11 Å². The van der Waals surface area contributed by atoms with Crippen LogP contribution < -0.4 is 5.32 Å². The number of hydrogen-bond donors (Lipinski definition) is 2. The summed E-state index contributed by atoms with van der Waals surface area (Å²) in [5, 5.41) is 18.8. The SMILES string of the molecule is O=C(NCCn1ccnn1)c1ccnc(C(=O)O)c1. The number of rotatable bonds is 5. The molecule has 19 heavy (non-hydrogen) atoms. The van der Waals surface area contributed by atoms with Gasteiger partial charge in [-0.3, -0.25) is 9.48 Å². The second-order valence-electron chi connectivity index (χ2n) is 3.66. The van der Waals surface area contributed by atoms with Crippen LogP contribution in [-0.4, -0.2) is 43.5 Å². The standard InChI is InChI=1S/C11H11N5O3/c17-10(13-3-5-16-6-4-14-15-16)8-1-2-12-9(7-8)11(18)19/h1-2,4,6-7H,3,5H2,(H,13,17)(H,18,19). The van der Waals surface area contributed by atoms with Crippen LogP contribution in [0.4, 0.5) is 0 Å². The summed E-state index contributed by atoms with van der Waals surface area (Å²) in [4.78, 5) is 26.1. The first-order chi connectivity index (χ1) is 9.16. The molecule has 2 aromatic heterocycles. The van der Waals surface area contributed by atoms with Crippen LogP contribution in [0.3, 0.4) is 0 Å². The molecule has 0 saturated heterocycles. The van der Waals surface area contributed by atoms with Crippen molar-refractivity contribution in [3.8, 4) is 0 Å². The van der Waals surface area contributed by atoms with E-state index in [1.54, 1.807) is 17.1 Å². The Bertz CT molecular complexity index is 582. The van der Waals surface area contributed by atoms with Gasteiger partial charge in [0.25, 0.3) is 5.91 Å². The van der Waals surface area contributed by atoms with E-state index in [2.05, 4.69) is 20.6 Å². The Hall–Kier alpha value is -2.77. The lowest BCUT2D eigenvalue weighted by Gasteiger charge is -2.05. The number of aromatic nitrogens is 4. The Balaban J connectivity index is 1.92. The second kappa shape index (κ2) is 5.71. The first kappa shape index (κ1) is 12.7. The zero-order valence-electron chi connectivity index (χ0n) is 9.85. The molecule has 0 aliphatic rings. The number of carbonyl (C=O) groups excluding carboxylic acids is 1. The normalized spacial score (nSPS) is 10.1. The number of carbonyl (C=O) groups is 2. The Morgan fingerprint density at radius 3 is 2.89 bits per heavy atom. The maximum atomic E-state index is 11.8. The first-order valence-corrected chi connectivity index (χ1v) is 5.48. The largest absolute Gasteiger partial charge is 0.477 e. The molecule has 0 radical (unpaired) electrons. The Morgan fingerprint density at radius 2 is 2.21 bits per heavy atom. The number of amides is 1. The van der Waals surface area contributed by atoms with Gasteiger partial charge in [0.05, 0.1) is 12.7 Å². The zero-order chi connectivity index (χ0) is 13.7. The van der Waals surface area contributed by atoms with E-state index < -0.39 is 5.97 Å². The number of carboxylic acid groups (broad SMARTS) is 1. The Labute approximate surface area is 108 Å². The summed E-state index contributed by atoms with van der Waals surface area (Å²) < 4.78 is 1.58. The van der Waals surface area contributed by atoms with E-state index in [1.807, 2.05) is 0 Å². The Morgan fingerprint density at radius 1 is 1.37 bits per heavy atom. The molecule has 0 saturated carbocycles. The van der Waals surface area contributed by atoms with Gasteiger partial charge in [0.2, 0.25) is 0 Å². The molecule has 2 rings (SSSR count). The van der Waals surface area contributed by atoms with Crippen molar-refractivity contribution in [3.05, 3.63) is 42.0 Å². The monoisotopic (exact) mass is 261 g/mol. The molecule has 0 fully saturated rings. The smallest absolute Gasteiger partial charge is 0.354 e. The van der Waals surface area contributed by atoms with Gasteiger partial charge in [-0.05, 0) is 12.1 Å². The molecular formula is C11H11N5O3. The molecule has 8 heteroatoms. The van der Waals surface area contributed by atoms with Gasteiger partial charge in [0.15, 0.2) is 0 Å². The van der Waals surface area contributed by atoms with Crippen LogP contribution in [0.2, 0.25) is 0 Å². The van der Waals surface area contributed by atoms with Crippen LogP contribution in [0.1, 0.15) is 20.8 Å². The molecule has 0 spiro atoms. The predicted molar refractivity (Wildman–Crippen MR) is 63.6 cm³/mol. The van der Waals surface area contributed by atoms with Crippen molar-refractivity contribution in [2.75, 3.05) is 6.54 Å². The van der Waals surface area contributed by atoms with Crippen molar-refractivity contribution >= 4 is 11.9 Å². The maximum Gasteiger partial charge on any atom is 0.354 e. The minimum Gasteiger partial charge on any atom is -0.477 e. The van der Waals surface area contributed by atoms with Crippen LogP contribution in [0.15, 0.2) is 30.7 Å². The number of nitrogens with one attached hydrogen (secondary N) is 1. The summed E-state index contributed by atoms with van der Waals surface area (Å²) in [6.45, 7) is 0.857. The number of pyridine rings is 1. The summed E-state index contributed by atoms with van der Waals surface area (Å²) in [5.74, 6) is -1.53. The molecule has 8 nitrogen and oxygen atoms in total. The molecule has 0 aromatic carbocycles. The van der Waals surface area contributed by atoms with E-state index in [-0.39, 0.29) is 17.2 Å². The highest BCUT2D eigenvalue weighted by Crippen LogP contribution is 2.01. The van der Waals surface area contributed by atoms with Gasteiger partial charge in [0.1, 0.15) is 5.69 Å². The van der Waals surface area contributed by atoms with Gasteiger partial charge < -0.3 is 10.4 Å². The molecule has 2 N–H and O–H groups in total. The van der Waals surface area contributed by atoms with E-state index >= 15 is 0 Å². The number of nitrogens with zero attached hydrogens (tertiary/aromatic N) is 4. The zero-order valence-corrected chi connectivity index (χ0v) is 9.85. The quantitative estimate of drug-likeness (QED) is 0.771. The third-order valence-corrected chi connectivity index (χ3v) is 2.34. The fourth-order valence-electron chi connectivity index (χ4n) is 1.43. The minimum absolute atomic E-state index is 0.163. The fraction of sp³-hybridized carbons (Fsp3) is 0.182. The van der Waals surface area contributed by atoms with Crippen molar-refractivity contribution in [3.63, 3.8) is 0 Å². The fourth-order valence-corrected chi connectivity index (χ4v) is 1.43. The lowest BCUT2D eigenvalue weighted by Crippen LogP contribution is -2.27. The molecule has 0 bridgehead atoms. The molecule has 0 aliphatic heterocycles. The summed E-state index contributed by atoms with van der Waals surface area (Å²) >= 11 is 0. The van der Waals surface area contributed by atoms with Gasteiger partial charge in [0, 0.05) is 24.5 Å². The molecule has 1 amide bonds. The minimum atomic E-state index is -1.17. The first-order valence-electron chi connectivity index (χ1n) is 5.48. The third kappa shape index (κ3) is 3.35. The van der Waals surface area contributed by atoms with Gasteiger partial charge in [-0.15, -0.1) is 5.10 Å². The van der Waals surface area contributed by atoms with Gasteiger partial charge in [-0.2, -0.15) is 0 Å². The molecule has 2 heterocycles. The van der Waals surface area contributed by atoms with Gasteiger partial charge in [-0.1, -0.05) is 5.21 Å². The van der Waals surface area contributed by atoms with Crippen LogP contribution in [0, 0.1) is 0 Å². The van der Waals surface area contributed by atoms with E-state index in [1.165, 1.54) is 18.3 Å². The van der Waals surface area contributed by atoms with Crippen molar-refractivity contribution in [2.24, 2.45) is 0 Å². The number of aromatic carboxylic acids is 1. The predicted octanol–water partition coefficient (Wildman–Crippen LogP) is -0.199. The summed E-state index contributed by atoms with van der Waals surface area (Å²) in [6.07, 6.45) is 4.51. The average Bonchev–Trinajstić information content (AvgIpc) is 2.92. The van der Waals surface area contributed by atoms with Gasteiger partial charge >= 0.3 is 5.97 Å². The number of hydrogen-bond acceptors (Lipinski definition) is 5. The summed E-state index contributed by atoms with van der Waals surface area (Å²) in [7, 11) is 0. The van der Waals surface area contributed by atoms with Gasteiger partial charge in [-0.25, -0.2) is 9.78 Å². The maximum absolute atomic E-state index is 11.8. The topological polar surface area (TPSA) is 110 Å².